The third-order valence-corrected chi connectivity index (χ3v) is 5.58. The Morgan fingerprint density at radius 2 is 2.23 bits per heavy atom. The van der Waals surface area contributed by atoms with Gasteiger partial charge in [0.05, 0.1) is 24.4 Å². The topological polar surface area (TPSA) is 57.8 Å². The average molecular weight is 369 g/mol. The Morgan fingerprint density at radius 1 is 1.31 bits per heavy atom. The molecule has 3 heterocycles. The first-order valence-corrected chi connectivity index (χ1v) is 9.90. The Kier molecular flexibility index (Phi) is 5.08. The van der Waals surface area contributed by atoms with Gasteiger partial charge in [-0.2, -0.15) is 5.10 Å². The molecule has 136 valence electrons. The molecule has 6 nitrogen and oxygen atoms in total. The molecule has 1 unspecified atom stereocenters. The Bertz CT molecular complexity index is 882. The second kappa shape index (κ2) is 7.63. The number of thioether (sulfide) groups is 1. The van der Waals surface area contributed by atoms with Crippen molar-refractivity contribution in [1.29, 1.82) is 0 Å². The summed E-state index contributed by atoms with van der Waals surface area (Å²) in [6, 6.07) is 8.59. The number of hydrogen-bond acceptors (Lipinski definition) is 5. The van der Waals surface area contributed by atoms with E-state index in [1.54, 1.807) is 16.4 Å². The van der Waals surface area contributed by atoms with Crippen LogP contribution >= 0.6 is 11.8 Å². The zero-order valence-corrected chi connectivity index (χ0v) is 15.9. The SMILES string of the molecule is Cc1cccc(CSc2nnc(-c3cnn(C)c3)n2CC2CCCO2)c1. The first-order valence-electron chi connectivity index (χ1n) is 8.91. The monoisotopic (exact) mass is 369 g/mol. The zero-order valence-electron chi connectivity index (χ0n) is 15.1. The molecule has 0 aliphatic carbocycles. The molecular weight excluding hydrogens is 346 g/mol. The molecule has 0 saturated carbocycles. The van der Waals surface area contributed by atoms with Crippen molar-refractivity contribution in [2.45, 2.75) is 43.3 Å². The molecule has 1 fully saturated rings. The van der Waals surface area contributed by atoms with E-state index in [4.69, 9.17) is 4.74 Å². The van der Waals surface area contributed by atoms with Crippen LogP contribution in [0.5, 0.6) is 0 Å². The Labute approximate surface area is 157 Å². The number of benzene rings is 1. The molecule has 1 aromatic carbocycles. The van der Waals surface area contributed by atoms with Gasteiger partial charge in [0, 0.05) is 25.6 Å². The van der Waals surface area contributed by atoms with Gasteiger partial charge in [-0.3, -0.25) is 9.25 Å². The molecule has 7 heteroatoms. The van der Waals surface area contributed by atoms with E-state index >= 15 is 0 Å². The van der Waals surface area contributed by atoms with E-state index in [2.05, 4.69) is 51.1 Å². The summed E-state index contributed by atoms with van der Waals surface area (Å²) in [6.07, 6.45) is 6.27. The van der Waals surface area contributed by atoms with Crippen molar-refractivity contribution in [1.82, 2.24) is 24.5 Å². The number of ether oxygens (including phenoxy) is 1. The highest BCUT2D eigenvalue weighted by Gasteiger charge is 2.22. The van der Waals surface area contributed by atoms with Crippen LogP contribution in [0.4, 0.5) is 0 Å². The second-order valence-corrected chi connectivity index (χ2v) is 7.67. The van der Waals surface area contributed by atoms with E-state index in [0.717, 1.165) is 48.3 Å². The predicted molar refractivity (Wildman–Crippen MR) is 102 cm³/mol. The van der Waals surface area contributed by atoms with Crippen molar-refractivity contribution in [3.05, 3.63) is 47.8 Å². The highest BCUT2D eigenvalue weighted by molar-refractivity contribution is 7.98. The number of hydrogen-bond donors (Lipinski definition) is 0. The molecule has 4 rings (SSSR count). The minimum Gasteiger partial charge on any atom is -0.376 e. The lowest BCUT2D eigenvalue weighted by molar-refractivity contribution is 0.0953. The molecule has 26 heavy (non-hydrogen) atoms. The lowest BCUT2D eigenvalue weighted by Crippen LogP contribution is -2.16. The lowest BCUT2D eigenvalue weighted by Gasteiger charge is -2.14. The van der Waals surface area contributed by atoms with Crippen LogP contribution in [0, 0.1) is 6.92 Å². The summed E-state index contributed by atoms with van der Waals surface area (Å²) in [6.45, 7) is 3.75. The standard InChI is InChI=1S/C19H23N5OS/c1-14-5-3-6-15(9-14)13-26-19-22-21-18(16-10-20-23(2)11-16)24(19)12-17-7-4-8-25-17/h3,5-6,9-11,17H,4,7-8,12-13H2,1-2H3. The molecular formula is C19H23N5OS. The fourth-order valence-corrected chi connectivity index (χ4v) is 4.14. The van der Waals surface area contributed by atoms with Crippen molar-refractivity contribution in [3.63, 3.8) is 0 Å². The largest absolute Gasteiger partial charge is 0.376 e. The van der Waals surface area contributed by atoms with E-state index in [1.807, 2.05) is 19.4 Å². The quantitative estimate of drug-likeness (QED) is 0.623. The van der Waals surface area contributed by atoms with Crippen LogP contribution in [0.25, 0.3) is 11.4 Å². The van der Waals surface area contributed by atoms with E-state index in [-0.39, 0.29) is 6.10 Å². The van der Waals surface area contributed by atoms with Gasteiger partial charge in [0.25, 0.3) is 0 Å². The highest BCUT2D eigenvalue weighted by Crippen LogP contribution is 2.28. The summed E-state index contributed by atoms with van der Waals surface area (Å²) in [5, 5.41) is 14.1. The van der Waals surface area contributed by atoms with Gasteiger partial charge >= 0.3 is 0 Å². The van der Waals surface area contributed by atoms with Crippen molar-refractivity contribution in [2.24, 2.45) is 7.05 Å². The van der Waals surface area contributed by atoms with Gasteiger partial charge in [-0.15, -0.1) is 10.2 Å². The van der Waals surface area contributed by atoms with Crippen LogP contribution < -0.4 is 0 Å². The Morgan fingerprint density at radius 3 is 2.96 bits per heavy atom. The summed E-state index contributed by atoms with van der Waals surface area (Å²) >= 11 is 1.72. The fraction of sp³-hybridized carbons (Fsp3) is 0.421. The molecule has 1 aliphatic rings. The second-order valence-electron chi connectivity index (χ2n) is 6.73. The third-order valence-electron chi connectivity index (χ3n) is 4.54. The molecule has 1 saturated heterocycles. The molecule has 0 amide bonds. The maximum absolute atomic E-state index is 5.85. The first-order chi connectivity index (χ1) is 12.7. The van der Waals surface area contributed by atoms with E-state index < -0.39 is 0 Å². The smallest absolute Gasteiger partial charge is 0.191 e. The van der Waals surface area contributed by atoms with Crippen LogP contribution in [0.2, 0.25) is 0 Å². The number of rotatable bonds is 6. The zero-order chi connectivity index (χ0) is 17.9. The summed E-state index contributed by atoms with van der Waals surface area (Å²) in [5.41, 5.74) is 3.56. The van der Waals surface area contributed by atoms with Gasteiger partial charge in [0.2, 0.25) is 0 Å². The van der Waals surface area contributed by atoms with E-state index in [9.17, 15) is 0 Å². The maximum Gasteiger partial charge on any atom is 0.191 e. The molecule has 0 bridgehead atoms. The average Bonchev–Trinajstić information content (AvgIpc) is 3.35. The molecule has 0 radical (unpaired) electrons. The predicted octanol–water partition coefficient (Wildman–Crippen LogP) is 3.46. The molecule has 0 spiro atoms. The van der Waals surface area contributed by atoms with Crippen molar-refractivity contribution < 1.29 is 4.74 Å². The first kappa shape index (κ1) is 17.3. The van der Waals surface area contributed by atoms with Gasteiger partial charge in [-0.05, 0) is 25.3 Å². The molecule has 2 aromatic heterocycles. The van der Waals surface area contributed by atoms with Gasteiger partial charge < -0.3 is 4.74 Å². The van der Waals surface area contributed by atoms with Gasteiger partial charge in [-0.25, -0.2) is 0 Å². The third kappa shape index (κ3) is 3.83. The van der Waals surface area contributed by atoms with Crippen molar-refractivity contribution in [3.8, 4) is 11.4 Å². The van der Waals surface area contributed by atoms with Gasteiger partial charge in [-0.1, -0.05) is 41.6 Å². The summed E-state index contributed by atoms with van der Waals surface area (Å²) in [4.78, 5) is 0. The minimum atomic E-state index is 0.236. The van der Waals surface area contributed by atoms with Crippen LogP contribution in [-0.2, 0) is 24.1 Å². The van der Waals surface area contributed by atoms with Crippen molar-refractivity contribution >= 4 is 11.8 Å². The lowest BCUT2D eigenvalue weighted by atomic mass is 10.2. The summed E-state index contributed by atoms with van der Waals surface area (Å²) in [7, 11) is 1.91. The summed E-state index contributed by atoms with van der Waals surface area (Å²) in [5.74, 6) is 1.73. The Balaban J connectivity index is 1.59. The van der Waals surface area contributed by atoms with Crippen molar-refractivity contribution in [2.75, 3.05) is 6.61 Å². The minimum absolute atomic E-state index is 0.236. The highest BCUT2D eigenvalue weighted by atomic mass is 32.2. The van der Waals surface area contributed by atoms with E-state index in [0.29, 0.717) is 0 Å². The number of aromatic nitrogens is 5. The maximum atomic E-state index is 5.85. The van der Waals surface area contributed by atoms with Gasteiger partial charge in [0.1, 0.15) is 0 Å². The fourth-order valence-electron chi connectivity index (χ4n) is 3.25. The van der Waals surface area contributed by atoms with Gasteiger partial charge in [0.15, 0.2) is 11.0 Å². The number of aryl methyl sites for hydroxylation is 2. The van der Waals surface area contributed by atoms with E-state index in [1.165, 1.54) is 11.1 Å². The van der Waals surface area contributed by atoms with Crippen LogP contribution in [-0.4, -0.2) is 37.3 Å². The van der Waals surface area contributed by atoms with Crippen LogP contribution in [0.3, 0.4) is 0 Å². The molecule has 1 aliphatic heterocycles. The molecule has 3 aromatic rings. The molecule has 0 N–H and O–H groups in total. The normalized spacial score (nSPS) is 17.1. The van der Waals surface area contributed by atoms with Crippen LogP contribution in [0.15, 0.2) is 41.8 Å². The Hall–Kier alpha value is -2.12. The summed E-state index contributed by atoms with van der Waals surface area (Å²) < 4.78 is 9.83. The van der Waals surface area contributed by atoms with Crippen LogP contribution in [0.1, 0.15) is 24.0 Å². The number of nitrogens with zero attached hydrogens (tertiary/aromatic N) is 5. The molecule has 1 atom stereocenters.